The van der Waals surface area contributed by atoms with Gasteiger partial charge in [-0.2, -0.15) is 0 Å². The van der Waals surface area contributed by atoms with E-state index in [1.807, 2.05) is 0 Å². The summed E-state index contributed by atoms with van der Waals surface area (Å²) >= 11 is 0. The van der Waals surface area contributed by atoms with Crippen molar-refractivity contribution in [3.05, 3.63) is 0 Å². The molecule has 2 heteroatoms. The molecule has 2 aliphatic heterocycles. The van der Waals surface area contributed by atoms with Gasteiger partial charge in [0.05, 0.1) is 23.9 Å². The second-order valence-corrected chi connectivity index (χ2v) is 6.17. The highest BCUT2D eigenvalue weighted by Crippen LogP contribution is 2.59. The summed E-state index contributed by atoms with van der Waals surface area (Å²) in [4.78, 5) is 0. The molecule has 0 N–H and O–H groups in total. The highest BCUT2D eigenvalue weighted by Gasteiger charge is 2.64. The van der Waals surface area contributed by atoms with Crippen LogP contribution in [0.5, 0.6) is 0 Å². The van der Waals surface area contributed by atoms with Crippen molar-refractivity contribution in [2.45, 2.75) is 69.4 Å². The predicted molar refractivity (Wildman–Crippen MR) is 56.6 cm³/mol. The molecule has 0 aromatic rings. The van der Waals surface area contributed by atoms with Crippen LogP contribution in [-0.2, 0) is 9.47 Å². The van der Waals surface area contributed by atoms with Crippen LogP contribution in [0.3, 0.4) is 0 Å². The summed E-state index contributed by atoms with van der Waals surface area (Å²) in [7, 11) is 0. The lowest BCUT2D eigenvalue weighted by Crippen LogP contribution is -2.35. The Bertz CT molecular complexity index is 290. The Morgan fingerprint density at radius 1 is 1.07 bits per heavy atom. The number of rotatable bonds is 1. The first-order valence-electron chi connectivity index (χ1n) is 6.61. The second kappa shape index (κ2) is 2.78. The van der Waals surface area contributed by atoms with Crippen molar-refractivity contribution in [3.8, 4) is 0 Å². The lowest BCUT2D eigenvalue weighted by molar-refractivity contribution is 0.153. The van der Waals surface area contributed by atoms with Gasteiger partial charge in [0.15, 0.2) is 0 Å². The summed E-state index contributed by atoms with van der Waals surface area (Å²) in [5.41, 5.74) is 0.314. The Balaban J connectivity index is 1.52. The lowest BCUT2D eigenvalue weighted by atomic mass is 9.70. The van der Waals surface area contributed by atoms with Gasteiger partial charge >= 0.3 is 0 Å². The molecular weight excluding hydrogens is 188 g/mol. The van der Waals surface area contributed by atoms with Crippen LogP contribution in [0.25, 0.3) is 0 Å². The topological polar surface area (TPSA) is 25.1 Å². The molecule has 4 rings (SSSR count). The summed E-state index contributed by atoms with van der Waals surface area (Å²) in [6.07, 6.45) is 9.80. The van der Waals surface area contributed by atoms with Crippen LogP contribution in [0.1, 0.15) is 45.4 Å². The summed E-state index contributed by atoms with van der Waals surface area (Å²) < 4.78 is 11.7. The number of fused-ring (bicyclic) bond motifs is 2. The highest BCUT2D eigenvalue weighted by atomic mass is 16.6. The molecule has 6 unspecified atom stereocenters. The van der Waals surface area contributed by atoms with Crippen LogP contribution in [0.2, 0.25) is 0 Å². The molecule has 0 bridgehead atoms. The van der Waals surface area contributed by atoms with Crippen molar-refractivity contribution < 1.29 is 9.47 Å². The fraction of sp³-hybridized carbons (Fsp3) is 1.00. The van der Waals surface area contributed by atoms with E-state index in [0.29, 0.717) is 23.9 Å². The molecule has 4 fully saturated rings. The Morgan fingerprint density at radius 3 is 2.87 bits per heavy atom. The molecule has 4 aliphatic rings. The van der Waals surface area contributed by atoms with Gasteiger partial charge in [-0.3, -0.25) is 0 Å². The van der Waals surface area contributed by atoms with E-state index < -0.39 is 0 Å². The van der Waals surface area contributed by atoms with E-state index in [1.54, 1.807) is 0 Å². The van der Waals surface area contributed by atoms with E-state index in [0.717, 1.165) is 11.8 Å². The van der Waals surface area contributed by atoms with Crippen molar-refractivity contribution >= 4 is 0 Å². The van der Waals surface area contributed by atoms with E-state index in [-0.39, 0.29) is 0 Å². The second-order valence-electron chi connectivity index (χ2n) is 6.17. The number of hydrogen-bond donors (Lipinski definition) is 0. The molecule has 0 aromatic carbocycles. The molecule has 84 valence electrons. The predicted octanol–water partition coefficient (Wildman–Crippen LogP) is 2.51. The molecule has 2 saturated heterocycles. The van der Waals surface area contributed by atoms with Gasteiger partial charge < -0.3 is 9.47 Å². The van der Waals surface area contributed by atoms with Crippen LogP contribution in [0.15, 0.2) is 0 Å². The summed E-state index contributed by atoms with van der Waals surface area (Å²) in [5.74, 6) is 1.69. The minimum atomic E-state index is 0.314. The average molecular weight is 208 g/mol. The zero-order valence-corrected chi connectivity index (χ0v) is 9.45. The van der Waals surface area contributed by atoms with E-state index in [1.165, 1.54) is 38.5 Å². The smallest absolute Gasteiger partial charge is 0.0979 e. The minimum absolute atomic E-state index is 0.314. The zero-order chi connectivity index (χ0) is 10.0. The number of hydrogen-bond acceptors (Lipinski definition) is 2. The third-order valence-electron chi connectivity index (χ3n) is 5.13. The Kier molecular flexibility index (Phi) is 1.67. The van der Waals surface area contributed by atoms with Crippen LogP contribution in [0, 0.1) is 11.8 Å². The van der Waals surface area contributed by atoms with Crippen molar-refractivity contribution in [2.75, 3.05) is 0 Å². The Morgan fingerprint density at radius 2 is 2.00 bits per heavy atom. The molecule has 2 nitrogen and oxygen atoms in total. The SMILES string of the molecule is CC1CCC2OC2(C2CCC3OC3C2)C1. The molecule has 0 radical (unpaired) electrons. The van der Waals surface area contributed by atoms with Gasteiger partial charge in [-0.1, -0.05) is 6.92 Å². The molecule has 6 atom stereocenters. The van der Waals surface area contributed by atoms with E-state index in [4.69, 9.17) is 9.47 Å². The average Bonchev–Trinajstić information content (AvgIpc) is 3.10. The first-order valence-corrected chi connectivity index (χ1v) is 6.61. The van der Waals surface area contributed by atoms with Gasteiger partial charge in [0.1, 0.15) is 0 Å². The third kappa shape index (κ3) is 1.24. The molecule has 0 spiro atoms. The summed E-state index contributed by atoms with van der Waals surface area (Å²) in [6, 6.07) is 0. The first-order chi connectivity index (χ1) is 7.28. The van der Waals surface area contributed by atoms with Crippen molar-refractivity contribution in [1.29, 1.82) is 0 Å². The van der Waals surface area contributed by atoms with Gasteiger partial charge in [-0.15, -0.1) is 0 Å². The van der Waals surface area contributed by atoms with Crippen LogP contribution in [0.4, 0.5) is 0 Å². The first kappa shape index (κ1) is 9.00. The van der Waals surface area contributed by atoms with Gasteiger partial charge in [-0.05, 0) is 50.4 Å². The standard InChI is InChI=1S/C13H20O2/c1-8-2-5-12-13(7-8,15-12)9-3-4-10-11(6-9)14-10/h8-12H,2-7H2,1H3. The highest BCUT2D eigenvalue weighted by molar-refractivity contribution is 5.13. The maximum absolute atomic E-state index is 6.09. The number of epoxide rings is 2. The van der Waals surface area contributed by atoms with Crippen LogP contribution in [-0.4, -0.2) is 23.9 Å². The molecule has 0 amide bonds. The molecule has 15 heavy (non-hydrogen) atoms. The van der Waals surface area contributed by atoms with Crippen molar-refractivity contribution in [1.82, 2.24) is 0 Å². The minimum Gasteiger partial charge on any atom is -0.370 e. The largest absolute Gasteiger partial charge is 0.370 e. The summed E-state index contributed by atoms with van der Waals surface area (Å²) in [6.45, 7) is 2.39. The molecule has 0 aromatic heterocycles. The van der Waals surface area contributed by atoms with Crippen molar-refractivity contribution in [2.24, 2.45) is 11.8 Å². The third-order valence-corrected chi connectivity index (χ3v) is 5.13. The van der Waals surface area contributed by atoms with E-state index >= 15 is 0 Å². The number of ether oxygens (including phenoxy) is 2. The fourth-order valence-electron chi connectivity index (χ4n) is 4.17. The summed E-state index contributed by atoms with van der Waals surface area (Å²) in [5, 5.41) is 0. The fourth-order valence-corrected chi connectivity index (χ4v) is 4.17. The molecule has 2 heterocycles. The maximum atomic E-state index is 6.09. The lowest BCUT2D eigenvalue weighted by Gasteiger charge is -2.31. The molecule has 2 saturated carbocycles. The maximum Gasteiger partial charge on any atom is 0.0979 e. The van der Waals surface area contributed by atoms with Gasteiger partial charge in [-0.25, -0.2) is 0 Å². The van der Waals surface area contributed by atoms with Gasteiger partial charge in [0.25, 0.3) is 0 Å². The Hall–Kier alpha value is -0.0800. The van der Waals surface area contributed by atoms with E-state index in [9.17, 15) is 0 Å². The van der Waals surface area contributed by atoms with E-state index in [2.05, 4.69) is 6.92 Å². The Labute approximate surface area is 91.3 Å². The monoisotopic (exact) mass is 208 g/mol. The van der Waals surface area contributed by atoms with Crippen LogP contribution >= 0.6 is 0 Å². The molecule has 2 aliphatic carbocycles. The van der Waals surface area contributed by atoms with Gasteiger partial charge in [0, 0.05) is 0 Å². The van der Waals surface area contributed by atoms with Gasteiger partial charge in [0.2, 0.25) is 0 Å². The molecular formula is C13H20O2. The zero-order valence-electron chi connectivity index (χ0n) is 9.45. The normalized spacial score (nSPS) is 61.8. The van der Waals surface area contributed by atoms with Crippen LogP contribution < -0.4 is 0 Å². The quantitative estimate of drug-likeness (QED) is 0.619. The van der Waals surface area contributed by atoms with Crippen molar-refractivity contribution in [3.63, 3.8) is 0 Å².